The van der Waals surface area contributed by atoms with Gasteiger partial charge >= 0.3 is 0 Å². The molecule has 0 unspecified atom stereocenters. The summed E-state index contributed by atoms with van der Waals surface area (Å²) in [7, 11) is 1.65. The van der Waals surface area contributed by atoms with E-state index in [-0.39, 0.29) is 11.9 Å². The minimum Gasteiger partial charge on any atom is -0.495 e. The van der Waals surface area contributed by atoms with Gasteiger partial charge in [0.2, 0.25) is 0 Å². The first-order chi connectivity index (χ1) is 20.7. The van der Waals surface area contributed by atoms with Gasteiger partial charge in [0.05, 0.1) is 18.6 Å². The molecule has 0 aliphatic carbocycles. The van der Waals surface area contributed by atoms with E-state index in [1.807, 2.05) is 52.4 Å². The Hall–Kier alpha value is -4.06. The molecule has 1 N–H and O–H groups in total. The number of ether oxygens (including phenoxy) is 1. The van der Waals surface area contributed by atoms with Crippen LogP contribution in [0.15, 0.2) is 89.7 Å². The maximum Gasteiger partial charge on any atom is 0.270 e. The fraction of sp³-hybridized carbons (Fsp3) is 0.258. The van der Waals surface area contributed by atoms with Crippen molar-refractivity contribution in [3.05, 3.63) is 101 Å². The zero-order valence-corrected chi connectivity index (χ0v) is 24.9. The zero-order valence-electron chi connectivity index (χ0n) is 23.2. The number of hydrogen-bond acceptors (Lipinski definition) is 9. The number of thiazole rings is 1. The molecular formula is C31H31N7O2S2. The number of thioether (sulfide) groups is 1. The van der Waals surface area contributed by atoms with Crippen molar-refractivity contribution in [3.63, 3.8) is 0 Å². The highest BCUT2D eigenvalue weighted by atomic mass is 32.2. The number of rotatable bonds is 10. The largest absolute Gasteiger partial charge is 0.495 e. The van der Waals surface area contributed by atoms with Crippen molar-refractivity contribution in [2.24, 2.45) is 0 Å². The van der Waals surface area contributed by atoms with Crippen LogP contribution in [0, 0.1) is 0 Å². The third kappa shape index (κ3) is 6.53. The van der Waals surface area contributed by atoms with Crippen LogP contribution in [0.5, 0.6) is 5.75 Å². The van der Waals surface area contributed by atoms with Crippen LogP contribution in [0.4, 0.5) is 0 Å². The molecule has 3 aromatic heterocycles. The summed E-state index contributed by atoms with van der Waals surface area (Å²) in [5.74, 6) is 1.82. The predicted octanol–water partition coefficient (Wildman–Crippen LogP) is 5.48. The number of methoxy groups -OCH3 is 1. The SMILES string of the molecule is COc1ccccc1-n1c(SCc2nc(C(=O)NC3CCN(Cc4ccccc4)CC3)cs2)nnc1-c1cccnc1. The summed E-state index contributed by atoms with van der Waals surface area (Å²) in [6, 6.07) is 22.3. The smallest absolute Gasteiger partial charge is 0.270 e. The van der Waals surface area contributed by atoms with Crippen LogP contribution in [0.25, 0.3) is 17.1 Å². The molecular weight excluding hydrogens is 567 g/mol. The highest BCUT2D eigenvalue weighted by molar-refractivity contribution is 7.98. The second kappa shape index (κ2) is 13.3. The Balaban J connectivity index is 1.09. The summed E-state index contributed by atoms with van der Waals surface area (Å²) in [5, 5.41) is 15.6. The molecule has 1 fully saturated rings. The number of carbonyl (C=O) groups excluding carboxylic acids is 1. The number of benzene rings is 2. The molecule has 1 amide bonds. The minimum atomic E-state index is -0.111. The third-order valence-electron chi connectivity index (χ3n) is 7.16. The predicted molar refractivity (Wildman–Crippen MR) is 165 cm³/mol. The van der Waals surface area contributed by atoms with Crippen molar-refractivity contribution in [2.45, 2.75) is 36.3 Å². The number of likely N-dealkylation sites (tertiary alicyclic amines) is 1. The molecule has 1 aliphatic heterocycles. The van der Waals surface area contributed by atoms with Crippen LogP contribution < -0.4 is 10.1 Å². The topological polar surface area (TPSA) is 98.1 Å². The highest BCUT2D eigenvalue weighted by Gasteiger charge is 2.23. The van der Waals surface area contributed by atoms with E-state index < -0.39 is 0 Å². The maximum absolute atomic E-state index is 13.0. The van der Waals surface area contributed by atoms with E-state index in [1.165, 1.54) is 28.7 Å². The quantitative estimate of drug-likeness (QED) is 0.211. The normalized spacial score (nSPS) is 14.1. The number of carbonyl (C=O) groups is 1. The van der Waals surface area contributed by atoms with Crippen molar-refractivity contribution in [1.29, 1.82) is 0 Å². The van der Waals surface area contributed by atoms with Gasteiger partial charge in [-0.25, -0.2) is 4.98 Å². The van der Waals surface area contributed by atoms with E-state index >= 15 is 0 Å². The molecule has 0 atom stereocenters. The fourth-order valence-corrected chi connectivity index (χ4v) is 6.76. The second-order valence-corrected chi connectivity index (χ2v) is 11.9. The summed E-state index contributed by atoms with van der Waals surface area (Å²) in [4.78, 5) is 24.4. The Kier molecular flexibility index (Phi) is 8.88. The van der Waals surface area contributed by atoms with Gasteiger partial charge in [0.15, 0.2) is 11.0 Å². The third-order valence-corrected chi connectivity index (χ3v) is 9.13. The fourth-order valence-electron chi connectivity index (χ4n) is 5.02. The second-order valence-electron chi connectivity index (χ2n) is 9.98. The van der Waals surface area contributed by atoms with Gasteiger partial charge in [0.1, 0.15) is 16.5 Å². The van der Waals surface area contributed by atoms with Crippen molar-refractivity contribution >= 4 is 29.0 Å². The Bertz CT molecular complexity index is 1620. The van der Waals surface area contributed by atoms with Gasteiger partial charge in [0, 0.05) is 49.0 Å². The van der Waals surface area contributed by atoms with Gasteiger partial charge in [-0.05, 0) is 42.7 Å². The number of nitrogens with zero attached hydrogens (tertiary/aromatic N) is 6. The summed E-state index contributed by atoms with van der Waals surface area (Å²) < 4.78 is 7.62. The lowest BCUT2D eigenvalue weighted by Gasteiger charge is -2.32. The van der Waals surface area contributed by atoms with E-state index in [1.54, 1.807) is 19.5 Å². The average molecular weight is 598 g/mol. The standard InChI is InChI=1S/C31H31N7O2S2/c1-40-27-12-6-5-11-26(27)38-29(23-10-7-15-32-18-23)35-36-31(38)42-21-28-34-25(20-41-28)30(39)33-24-13-16-37(17-14-24)19-22-8-3-2-4-9-22/h2-12,15,18,20,24H,13-14,16-17,19,21H2,1H3,(H,33,39). The number of pyridine rings is 1. The molecule has 2 aromatic carbocycles. The molecule has 9 nitrogen and oxygen atoms in total. The lowest BCUT2D eigenvalue weighted by atomic mass is 10.0. The Labute approximate surface area is 253 Å². The molecule has 4 heterocycles. The maximum atomic E-state index is 13.0. The molecule has 0 bridgehead atoms. The van der Waals surface area contributed by atoms with E-state index in [0.29, 0.717) is 28.2 Å². The summed E-state index contributed by atoms with van der Waals surface area (Å²) in [6.07, 6.45) is 5.37. The molecule has 6 rings (SSSR count). The molecule has 0 saturated carbocycles. The van der Waals surface area contributed by atoms with Crippen molar-refractivity contribution in [2.75, 3.05) is 20.2 Å². The Morgan fingerprint density at radius 3 is 2.64 bits per heavy atom. The highest BCUT2D eigenvalue weighted by Crippen LogP contribution is 2.33. The summed E-state index contributed by atoms with van der Waals surface area (Å²) >= 11 is 3.00. The molecule has 11 heteroatoms. The van der Waals surface area contributed by atoms with Crippen molar-refractivity contribution in [1.82, 2.24) is 34.9 Å². The first-order valence-electron chi connectivity index (χ1n) is 13.8. The molecule has 0 spiro atoms. The van der Waals surface area contributed by atoms with Gasteiger partial charge < -0.3 is 10.1 Å². The number of para-hydroxylation sites is 2. The molecule has 1 saturated heterocycles. The van der Waals surface area contributed by atoms with Gasteiger partial charge in [-0.15, -0.1) is 21.5 Å². The summed E-state index contributed by atoms with van der Waals surface area (Å²) in [5.41, 5.74) is 3.47. The number of nitrogens with one attached hydrogen (secondary N) is 1. The number of hydrogen-bond donors (Lipinski definition) is 1. The molecule has 214 valence electrons. The van der Waals surface area contributed by atoms with E-state index in [4.69, 9.17) is 4.74 Å². The lowest BCUT2D eigenvalue weighted by molar-refractivity contribution is 0.0904. The Morgan fingerprint density at radius 1 is 1.05 bits per heavy atom. The zero-order chi connectivity index (χ0) is 28.7. The first kappa shape index (κ1) is 28.1. The van der Waals surface area contributed by atoms with E-state index in [9.17, 15) is 4.79 Å². The van der Waals surface area contributed by atoms with Crippen molar-refractivity contribution < 1.29 is 9.53 Å². The Morgan fingerprint density at radius 2 is 1.86 bits per heavy atom. The van der Waals surface area contributed by atoms with Crippen LogP contribution in [0.2, 0.25) is 0 Å². The van der Waals surface area contributed by atoms with E-state index in [2.05, 4.69) is 54.6 Å². The van der Waals surface area contributed by atoms with E-state index in [0.717, 1.165) is 48.7 Å². The molecule has 1 aliphatic rings. The number of aromatic nitrogens is 5. The first-order valence-corrected chi connectivity index (χ1v) is 15.7. The van der Waals surface area contributed by atoms with Gasteiger partial charge in [0.25, 0.3) is 5.91 Å². The summed E-state index contributed by atoms with van der Waals surface area (Å²) in [6.45, 7) is 2.88. The monoisotopic (exact) mass is 597 g/mol. The van der Waals surface area contributed by atoms with Crippen LogP contribution in [0.3, 0.4) is 0 Å². The van der Waals surface area contributed by atoms with Crippen LogP contribution >= 0.6 is 23.1 Å². The van der Waals surface area contributed by atoms with Gasteiger partial charge in [-0.2, -0.15) is 0 Å². The molecule has 42 heavy (non-hydrogen) atoms. The van der Waals surface area contributed by atoms with Crippen LogP contribution in [0.1, 0.15) is 33.9 Å². The number of piperidine rings is 1. The lowest BCUT2D eigenvalue weighted by Crippen LogP contribution is -2.44. The van der Waals surface area contributed by atoms with Crippen molar-refractivity contribution in [3.8, 4) is 22.8 Å². The minimum absolute atomic E-state index is 0.111. The van der Waals surface area contributed by atoms with Crippen LogP contribution in [-0.4, -0.2) is 61.8 Å². The number of amides is 1. The van der Waals surface area contributed by atoms with Crippen LogP contribution in [-0.2, 0) is 12.3 Å². The average Bonchev–Trinajstić information content (AvgIpc) is 3.69. The van der Waals surface area contributed by atoms with Gasteiger partial charge in [-0.3, -0.25) is 19.2 Å². The molecule has 5 aromatic rings. The van der Waals surface area contributed by atoms with Gasteiger partial charge in [-0.1, -0.05) is 54.2 Å². The molecule has 0 radical (unpaired) electrons.